The van der Waals surface area contributed by atoms with Crippen LogP contribution in [0.15, 0.2) is 72.8 Å². The van der Waals surface area contributed by atoms with Gasteiger partial charge in [-0.2, -0.15) is 8.78 Å². The minimum atomic E-state index is -2.83. The molecule has 0 unspecified atom stereocenters. The number of benzene rings is 3. The maximum Gasteiger partial charge on any atom is 0.387 e. The number of aryl methyl sites for hydroxylation is 1. The van der Waals surface area contributed by atoms with Gasteiger partial charge in [0.15, 0.2) is 0 Å². The number of alkyl halides is 2. The van der Waals surface area contributed by atoms with E-state index in [2.05, 4.69) is 35.9 Å². The zero-order chi connectivity index (χ0) is 20.5. The molecule has 0 spiro atoms. The van der Waals surface area contributed by atoms with Gasteiger partial charge in [0, 0.05) is 0 Å². The Kier molecular flexibility index (Phi) is 7.80. The summed E-state index contributed by atoms with van der Waals surface area (Å²) < 4.78 is 30.0. The van der Waals surface area contributed by atoms with Crippen LogP contribution in [0.1, 0.15) is 44.6 Å². The van der Waals surface area contributed by atoms with E-state index in [9.17, 15) is 8.78 Å². The predicted octanol–water partition coefficient (Wildman–Crippen LogP) is 8.13. The van der Waals surface area contributed by atoms with Gasteiger partial charge in [-0.05, 0) is 52.8 Å². The van der Waals surface area contributed by atoms with E-state index in [0.29, 0.717) is 0 Å². The summed E-state index contributed by atoms with van der Waals surface area (Å²) in [5.41, 5.74) is 5.27. The van der Waals surface area contributed by atoms with Crippen LogP contribution in [0.4, 0.5) is 8.78 Å². The van der Waals surface area contributed by atoms with Crippen LogP contribution in [-0.4, -0.2) is 6.61 Å². The highest BCUT2D eigenvalue weighted by molar-refractivity contribution is 5.84. The third-order valence-electron chi connectivity index (χ3n) is 5.13. The molecule has 0 amide bonds. The van der Waals surface area contributed by atoms with Crippen LogP contribution in [-0.2, 0) is 6.42 Å². The van der Waals surface area contributed by atoms with E-state index in [0.717, 1.165) is 28.7 Å². The standard InChI is InChI=1S/C26H28F2O/c1-2-3-4-5-7-10-20-13-15-22(16-14-20)24-18-17-23(29-26(27)28)19-25(24)21-11-8-6-9-12-21/h6,8-9,11-19,26H,2-5,7,10H2,1H3. The molecule has 3 heteroatoms. The summed E-state index contributed by atoms with van der Waals surface area (Å²) in [6, 6.07) is 23.6. The molecule has 0 aliphatic rings. The van der Waals surface area contributed by atoms with Gasteiger partial charge in [0.25, 0.3) is 0 Å². The summed E-state index contributed by atoms with van der Waals surface area (Å²) in [5, 5.41) is 0. The first-order valence-electron chi connectivity index (χ1n) is 10.4. The van der Waals surface area contributed by atoms with Crippen LogP contribution in [0, 0.1) is 0 Å². The molecule has 29 heavy (non-hydrogen) atoms. The Balaban J connectivity index is 1.82. The average molecular weight is 395 g/mol. The maximum absolute atomic E-state index is 12.7. The van der Waals surface area contributed by atoms with Crippen molar-refractivity contribution in [3.63, 3.8) is 0 Å². The number of halogens is 2. The molecule has 0 fully saturated rings. The average Bonchev–Trinajstić information content (AvgIpc) is 2.74. The number of hydrogen-bond acceptors (Lipinski definition) is 1. The number of rotatable bonds is 10. The van der Waals surface area contributed by atoms with Crippen LogP contribution >= 0.6 is 0 Å². The normalized spacial score (nSPS) is 11.0. The van der Waals surface area contributed by atoms with Crippen LogP contribution < -0.4 is 4.74 Å². The molecule has 3 aromatic rings. The van der Waals surface area contributed by atoms with Gasteiger partial charge in [0.1, 0.15) is 5.75 Å². The second kappa shape index (κ2) is 10.8. The summed E-state index contributed by atoms with van der Waals surface area (Å²) in [6.07, 6.45) is 7.47. The lowest BCUT2D eigenvalue weighted by atomic mass is 9.93. The first kappa shape index (κ1) is 21.0. The zero-order valence-electron chi connectivity index (χ0n) is 16.9. The molecule has 0 aliphatic heterocycles. The molecule has 152 valence electrons. The Labute approximate surface area is 172 Å². The highest BCUT2D eigenvalue weighted by Crippen LogP contribution is 2.35. The van der Waals surface area contributed by atoms with Crippen molar-refractivity contribution in [1.82, 2.24) is 0 Å². The van der Waals surface area contributed by atoms with Crippen molar-refractivity contribution in [1.29, 1.82) is 0 Å². The SMILES string of the molecule is CCCCCCCc1ccc(-c2ccc(OC(F)F)cc2-c2ccccc2)cc1. The van der Waals surface area contributed by atoms with Crippen LogP contribution in [0.5, 0.6) is 5.75 Å². The summed E-state index contributed by atoms with van der Waals surface area (Å²) >= 11 is 0. The van der Waals surface area contributed by atoms with Gasteiger partial charge in [-0.1, -0.05) is 93.3 Å². The van der Waals surface area contributed by atoms with E-state index in [1.54, 1.807) is 12.1 Å². The summed E-state index contributed by atoms with van der Waals surface area (Å²) in [4.78, 5) is 0. The summed E-state index contributed by atoms with van der Waals surface area (Å²) in [5.74, 6) is 0.173. The lowest BCUT2D eigenvalue weighted by molar-refractivity contribution is -0.0498. The van der Waals surface area contributed by atoms with Crippen molar-refractivity contribution >= 4 is 0 Å². The smallest absolute Gasteiger partial charge is 0.387 e. The van der Waals surface area contributed by atoms with Gasteiger partial charge < -0.3 is 4.74 Å². The second-order valence-corrected chi connectivity index (χ2v) is 7.31. The fourth-order valence-corrected chi connectivity index (χ4v) is 3.59. The Morgan fingerprint density at radius 1 is 0.724 bits per heavy atom. The number of ether oxygens (including phenoxy) is 1. The van der Waals surface area contributed by atoms with Crippen LogP contribution in [0.25, 0.3) is 22.3 Å². The van der Waals surface area contributed by atoms with E-state index in [4.69, 9.17) is 0 Å². The van der Waals surface area contributed by atoms with E-state index < -0.39 is 6.61 Å². The maximum atomic E-state index is 12.7. The van der Waals surface area contributed by atoms with Gasteiger partial charge in [-0.15, -0.1) is 0 Å². The lowest BCUT2D eigenvalue weighted by Crippen LogP contribution is -2.02. The molecule has 0 bridgehead atoms. The second-order valence-electron chi connectivity index (χ2n) is 7.31. The molecule has 0 heterocycles. The van der Waals surface area contributed by atoms with Crippen molar-refractivity contribution in [3.8, 4) is 28.0 Å². The van der Waals surface area contributed by atoms with E-state index in [1.165, 1.54) is 37.7 Å². The minimum Gasteiger partial charge on any atom is -0.435 e. The highest BCUT2D eigenvalue weighted by atomic mass is 19.3. The first-order chi connectivity index (χ1) is 14.2. The number of unbranched alkanes of at least 4 members (excludes halogenated alkanes) is 4. The van der Waals surface area contributed by atoms with E-state index in [1.807, 2.05) is 36.4 Å². The van der Waals surface area contributed by atoms with Gasteiger partial charge >= 0.3 is 6.61 Å². The first-order valence-corrected chi connectivity index (χ1v) is 10.4. The number of hydrogen-bond donors (Lipinski definition) is 0. The fourth-order valence-electron chi connectivity index (χ4n) is 3.59. The van der Waals surface area contributed by atoms with Crippen molar-refractivity contribution < 1.29 is 13.5 Å². The molecule has 0 N–H and O–H groups in total. The predicted molar refractivity (Wildman–Crippen MR) is 116 cm³/mol. The molecule has 0 aliphatic carbocycles. The largest absolute Gasteiger partial charge is 0.435 e. The van der Waals surface area contributed by atoms with E-state index in [-0.39, 0.29) is 5.75 Å². The molecule has 0 radical (unpaired) electrons. The molecular weight excluding hydrogens is 366 g/mol. The summed E-state index contributed by atoms with van der Waals surface area (Å²) in [6.45, 7) is -0.602. The lowest BCUT2D eigenvalue weighted by Gasteiger charge is -2.14. The molecule has 0 saturated carbocycles. The Morgan fingerprint density at radius 2 is 1.41 bits per heavy atom. The zero-order valence-corrected chi connectivity index (χ0v) is 16.9. The Bertz CT molecular complexity index is 873. The molecule has 3 rings (SSSR count). The van der Waals surface area contributed by atoms with Gasteiger partial charge in [0.2, 0.25) is 0 Å². The molecular formula is C26H28F2O. The Hall–Kier alpha value is -2.68. The fraction of sp³-hybridized carbons (Fsp3) is 0.308. The van der Waals surface area contributed by atoms with Crippen molar-refractivity contribution in [2.24, 2.45) is 0 Å². The monoisotopic (exact) mass is 394 g/mol. The summed E-state index contributed by atoms with van der Waals surface area (Å²) in [7, 11) is 0. The Morgan fingerprint density at radius 3 is 2.10 bits per heavy atom. The van der Waals surface area contributed by atoms with Crippen LogP contribution in [0.3, 0.4) is 0 Å². The third-order valence-corrected chi connectivity index (χ3v) is 5.13. The van der Waals surface area contributed by atoms with E-state index >= 15 is 0 Å². The van der Waals surface area contributed by atoms with Crippen molar-refractivity contribution in [3.05, 3.63) is 78.4 Å². The van der Waals surface area contributed by atoms with Crippen molar-refractivity contribution in [2.45, 2.75) is 52.1 Å². The molecule has 0 aromatic heterocycles. The third kappa shape index (κ3) is 6.15. The molecule has 0 saturated heterocycles. The molecule has 3 aromatic carbocycles. The van der Waals surface area contributed by atoms with Crippen molar-refractivity contribution in [2.75, 3.05) is 0 Å². The molecule has 0 atom stereocenters. The molecule has 1 nitrogen and oxygen atoms in total. The van der Waals surface area contributed by atoms with Crippen LogP contribution in [0.2, 0.25) is 0 Å². The highest BCUT2D eigenvalue weighted by Gasteiger charge is 2.12. The van der Waals surface area contributed by atoms with Gasteiger partial charge in [0.05, 0.1) is 0 Å². The quantitative estimate of drug-likeness (QED) is 0.315. The van der Waals surface area contributed by atoms with Gasteiger partial charge in [-0.3, -0.25) is 0 Å². The van der Waals surface area contributed by atoms with Gasteiger partial charge in [-0.25, -0.2) is 0 Å². The topological polar surface area (TPSA) is 9.23 Å². The minimum absolute atomic E-state index is 0.173.